The average Bonchev–Trinajstić information content (AvgIpc) is 2.70. The summed E-state index contributed by atoms with van der Waals surface area (Å²) in [5, 5.41) is 0.493. The molecule has 2 amide bonds. The molecule has 0 aliphatic carbocycles. The van der Waals surface area contributed by atoms with E-state index in [1.54, 1.807) is 24.3 Å². The zero-order valence-corrected chi connectivity index (χ0v) is 11.4. The number of carbonyl (C=O) groups excluding carboxylic acids is 3. The highest BCUT2D eigenvalue weighted by atomic mass is 79.9. The predicted molar refractivity (Wildman–Crippen MR) is 66.8 cm³/mol. The Balaban J connectivity index is 1.83. The molecule has 0 saturated carbocycles. The van der Waals surface area contributed by atoms with Crippen molar-refractivity contribution in [3.63, 3.8) is 0 Å². The first kappa shape index (κ1) is 13.5. The van der Waals surface area contributed by atoms with Crippen molar-refractivity contribution in [2.45, 2.75) is 12.8 Å². The molecule has 1 heterocycles. The van der Waals surface area contributed by atoms with Crippen LogP contribution in [0.15, 0.2) is 28.7 Å². The third-order valence-corrected chi connectivity index (χ3v) is 2.90. The number of imide groups is 1. The average molecular weight is 328 g/mol. The number of nitrogens with zero attached hydrogens (tertiary/aromatic N) is 1. The van der Waals surface area contributed by atoms with Crippen molar-refractivity contribution in [2.24, 2.45) is 0 Å². The first-order chi connectivity index (χ1) is 9.06. The molecule has 6 nitrogen and oxygen atoms in total. The van der Waals surface area contributed by atoms with Gasteiger partial charge in [-0.25, -0.2) is 4.79 Å². The summed E-state index contributed by atoms with van der Waals surface area (Å²) in [7, 11) is 0. The molecule has 1 saturated heterocycles. The van der Waals surface area contributed by atoms with Crippen molar-refractivity contribution in [1.82, 2.24) is 5.06 Å². The van der Waals surface area contributed by atoms with Gasteiger partial charge in [-0.05, 0) is 24.3 Å². The Morgan fingerprint density at radius 2 is 1.74 bits per heavy atom. The molecule has 0 radical (unpaired) electrons. The summed E-state index contributed by atoms with van der Waals surface area (Å²) in [6.07, 6.45) is 0.138. The number of benzene rings is 1. The van der Waals surface area contributed by atoms with E-state index in [2.05, 4.69) is 20.8 Å². The normalized spacial score (nSPS) is 14.7. The molecule has 2 rings (SSSR count). The lowest BCUT2D eigenvalue weighted by molar-refractivity contribution is -0.198. The number of hydroxylamine groups is 2. The third kappa shape index (κ3) is 3.54. The second-order valence-corrected chi connectivity index (χ2v) is 4.70. The van der Waals surface area contributed by atoms with Crippen molar-refractivity contribution in [3.8, 4) is 5.75 Å². The monoisotopic (exact) mass is 327 g/mol. The van der Waals surface area contributed by atoms with Crippen LogP contribution >= 0.6 is 15.9 Å². The highest BCUT2D eigenvalue weighted by molar-refractivity contribution is 9.10. The van der Waals surface area contributed by atoms with E-state index in [1.807, 2.05) is 0 Å². The fraction of sp³-hybridized carbons (Fsp3) is 0.250. The fourth-order valence-corrected chi connectivity index (χ4v) is 1.72. The van der Waals surface area contributed by atoms with Crippen LogP contribution < -0.4 is 4.74 Å². The molecule has 1 aromatic carbocycles. The second-order valence-electron chi connectivity index (χ2n) is 3.79. The first-order valence-electron chi connectivity index (χ1n) is 5.51. The number of halogens is 1. The number of amides is 2. The smallest absolute Gasteiger partial charge is 0.370 e. The predicted octanol–water partition coefficient (Wildman–Crippen LogP) is 1.44. The molecule has 0 unspecified atom stereocenters. The van der Waals surface area contributed by atoms with Gasteiger partial charge in [0.05, 0.1) is 0 Å². The van der Waals surface area contributed by atoms with Crippen LogP contribution in [-0.2, 0) is 19.2 Å². The van der Waals surface area contributed by atoms with Crippen LogP contribution in [0.4, 0.5) is 0 Å². The van der Waals surface area contributed by atoms with E-state index in [-0.39, 0.29) is 19.4 Å². The minimum absolute atomic E-state index is 0.0691. The lowest BCUT2D eigenvalue weighted by Gasteiger charge is -2.12. The highest BCUT2D eigenvalue weighted by Crippen LogP contribution is 2.16. The maximum Gasteiger partial charge on any atom is 0.370 e. The lowest BCUT2D eigenvalue weighted by atomic mass is 10.3. The van der Waals surface area contributed by atoms with Gasteiger partial charge in [-0.2, -0.15) is 0 Å². The standard InChI is InChI=1S/C12H10BrNO5/c13-8-1-3-9(4-2-8)18-7-12(17)19-14-10(15)5-6-11(14)16/h1-4H,5-7H2. The van der Waals surface area contributed by atoms with Crippen LogP contribution in [0.25, 0.3) is 0 Å². The van der Waals surface area contributed by atoms with Gasteiger partial charge in [-0.3, -0.25) is 9.59 Å². The maximum absolute atomic E-state index is 11.4. The van der Waals surface area contributed by atoms with E-state index in [0.717, 1.165) is 4.47 Å². The van der Waals surface area contributed by atoms with Crippen LogP contribution in [0, 0.1) is 0 Å². The largest absolute Gasteiger partial charge is 0.482 e. The van der Waals surface area contributed by atoms with E-state index in [0.29, 0.717) is 10.8 Å². The topological polar surface area (TPSA) is 72.9 Å². The van der Waals surface area contributed by atoms with Crippen molar-refractivity contribution >= 4 is 33.7 Å². The number of hydrogen-bond acceptors (Lipinski definition) is 5. The molecule has 1 aliphatic heterocycles. The first-order valence-corrected chi connectivity index (χ1v) is 6.30. The zero-order chi connectivity index (χ0) is 13.8. The van der Waals surface area contributed by atoms with Crippen LogP contribution in [0.1, 0.15) is 12.8 Å². The molecule has 1 fully saturated rings. The summed E-state index contributed by atoms with van der Waals surface area (Å²) >= 11 is 3.27. The molecule has 0 atom stereocenters. The molecule has 0 aromatic heterocycles. The van der Waals surface area contributed by atoms with Gasteiger partial charge in [-0.15, -0.1) is 5.06 Å². The highest BCUT2D eigenvalue weighted by Gasteiger charge is 2.32. The van der Waals surface area contributed by atoms with Crippen molar-refractivity contribution in [2.75, 3.05) is 6.61 Å². The summed E-state index contributed by atoms with van der Waals surface area (Å²) < 4.78 is 6.04. The molecular weight excluding hydrogens is 318 g/mol. The van der Waals surface area contributed by atoms with Gasteiger partial charge < -0.3 is 9.57 Å². The van der Waals surface area contributed by atoms with Crippen LogP contribution in [0.3, 0.4) is 0 Å². The molecule has 100 valence electrons. The van der Waals surface area contributed by atoms with Crippen molar-refractivity contribution < 1.29 is 24.0 Å². The van der Waals surface area contributed by atoms with E-state index < -0.39 is 17.8 Å². The number of carbonyl (C=O) groups is 3. The van der Waals surface area contributed by atoms with Crippen molar-refractivity contribution in [1.29, 1.82) is 0 Å². The minimum atomic E-state index is -0.800. The molecule has 0 spiro atoms. The van der Waals surface area contributed by atoms with E-state index >= 15 is 0 Å². The summed E-state index contributed by atoms with van der Waals surface area (Å²) in [4.78, 5) is 38.5. The fourth-order valence-electron chi connectivity index (χ4n) is 1.46. The quantitative estimate of drug-likeness (QED) is 0.782. The van der Waals surface area contributed by atoms with E-state index in [4.69, 9.17) is 4.74 Å². The summed E-state index contributed by atoms with van der Waals surface area (Å²) in [6.45, 7) is -0.376. The second kappa shape index (κ2) is 5.83. The van der Waals surface area contributed by atoms with Crippen molar-refractivity contribution in [3.05, 3.63) is 28.7 Å². The van der Waals surface area contributed by atoms with Gasteiger partial charge in [0.1, 0.15) is 5.75 Å². The van der Waals surface area contributed by atoms with Gasteiger partial charge in [0.25, 0.3) is 11.8 Å². The molecule has 7 heteroatoms. The molecule has 1 aromatic rings. The van der Waals surface area contributed by atoms with Crippen LogP contribution in [0.2, 0.25) is 0 Å². The molecule has 0 bridgehead atoms. The molecule has 1 aliphatic rings. The Hall–Kier alpha value is -1.89. The van der Waals surface area contributed by atoms with Gasteiger partial charge in [0, 0.05) is 17.3 Å². The Labute approximate surface area is 117 Å². The lowest BCUT2D eigenvalue weighted by Crippen LogP contribution is -2.33. The van der Waals surface area contributed by atoms with Crippen LogP contribution in [-0.4, -0.2) is 29.5 Å². The van der Waals surface area contributed by atoms with Gasteiger partial charge in [0.15, 0.2) is 6.61 Å². The Morgan fingerprint density at radius 1 is 1.16 bits per heavy atom. The summed E-state index contributed by atoms with van der Waals surface area (Å²) in [5.74, 6) is -1.34. The number of ether oxygens (including phenoxy) is 1. The SMILES string of the molecule is O=C(COc1ccc(Br)cc1)ON1C(=O)CCC1=O. The third-order valence-electron chi connectivity index (χ3n) is 2.37. The Bertz CT molecular complexity index is 497. The minimum Gasteiger partial charge on any atom is -0.482 e. The maximum atomic E-state index is 11.4. The Kier molecular flexibility index (Phi) is 4.16. The van der Waals surface area contributed by atoms with Gasteiger partial charge in [-0.1, -0.05) is 15.9 Å². The number of hydrogen-bond donors (Lipinski definition) is 0. The van der Waals surface area contributed by atoms with Gasteiger partial charge >= 0.3 is 5.97 Å². The Morgan fingerprint density at radius 3 is 2.32 bits per heavy atom. The summed E-state index contributed by atoms with van der Waals surface area (Å²) in [6, 6.07) is 6.86. The zero-order valence-electron chi connectivity index (χ0n) is 9.80. The molecular formula is C12H10BrNO5. The number of rotatable bonds is 4. The van der Waals surface area contributed by atoms with E-state index in [9.17, 15) is 14.4 Å². The van der Waals surface area contributed by atoms with E-state index in [1.165, 1.54) is 0 Å². The summed E-state index contributed by atoms with van der Waals surface area (Å²) in [5.41, 5.74) is 0. The molecule has 0 N–H and O–H groups in total. The van der Waals surface area contributed by atoms with Crippen LogP contribution in [0.5, 0.6) is 5.75 Å². The van der Waals surface area contributed by atoms with Gasteiger partial charge in [0.2, 0.25) is 0 Å². The molecule has 19 heavy (non-hydrogen) atoms.